The van der Waals surface area contributed by atoms with Crippen LogP contribution in [0.15, 0.2) is 53.3 Å². The lowest BCUT2D eigenvalue weighted by molar-refractivity contribution is 0.134. The van der Waals surface area contributed by atoms with E-state index in [1.807, 2.05) is 36.4 Å². The van der Waals surface area contributed by atoms with Gasteiger partial charge < -0.3 is 0 Å². The molecule has 3 aromatic rings. The number of alkyl halides is 2. The number of rotatable bonds is 4. The molecule has 0 atom stereocenters. The van der Waals surface area contributed by atoms with Crippen molar-refractivity contribution in [2.75, 3.05) is 0 Å². The largest absolute Gasteiger partial charge is 0.346 e. The molecule has 0 bridgehead atoms. The van der Waals surface area contributed by atoms with Crippen LogP contribution in [0.2, 0.25) is 5.02 Å². The van der Waals surface area contributed by atoms with Crippen LogP contribution < -0.4 is 5.69 Å². The summed E-state index contributed by atoms with van der Waals surface area (Å²) in [5.41, 5.74) is 1.84. The predicted molar refractivity (Wildman–Crippen MR) is 88.4 cm³/mol. The lowest BCUT2D eigenvalue weighted by Crippen LogP contribution is -2.24. The first-order valence-electron chi connectivity index (χ1n) is 7.23. The van der Waals surface area contributed by atoms with Crippen molar-refractivity contribution in [3.05, 3.63) is 75.4 Å². The number of halogens is 3. The topological polar surface area (TPSA) is 39.8 Å². The Morgan fingerprint density at radius 2 is 1.83 bits per heavy atom. The van der Waals surface area contributed by atoms with Gasteiger partial charge in [-0.15, -0.1) is 5.10 Å². The van der Waals surface area contributed by atoms with Crippen LogP contribution in [0.4, 0.5) is 8.78 Å². The highest BCUT2D eigenvalue weighted by Gasteiger charge is 2.20. The molecule has 3 rings (SSSR count). The normalized spacial score (nSPS) is 11.2. The maximum Gasteiger partial charge on any atom is 0.346 e. The van der Waals surface area contributed by atoms with E-state index in [9.17, 15) is 13.6 Å². The highest BCUT2D eigenvalue weighted by Crippen LogP contribution is 2.26. The molecule has 24 heavy (non-hydrogen) atoms. The molecule has 0 spiro atoms. The minimum absolute atomic E-state index is 0.0636. The van der Waals surface area contributed by atoms with E-state index < -0.39 is 17.9 Å². The molecule has 0 fully saturated rings. The van der Waals surface area contributed by atoms with Crippen molar-refractivity contribution in [2.45, 2.75) is 13.0 Å². The van der Waals surface area contributed by atoms with Gasteiger partial charge in [-0.25, -0.2) is 18.3 Å². The summed E-state index contributed by atoms with van der Waals surface area (Å²) in [6.07, 6.45) is -2.84. The minimum atomic E-state index is -2.84. The van der Waals surface area contributed by atoms with Crippen LogP contribution in [0.25, 0.3) is 11.1 Å². The van der Waals surface area contributed by atoms with Gasteiger partial charge in [0.05, 0.1) is 6.54 Å². The van der Waals surface area contributed by atoms with Gasteiger partial charge in [0.15, 0.2) is 0 Å². The fraction of sp³-hybridized carbons (Fsp3) is 0.176. The maximum atomic E-state index is 13.1. The Balaban J connectivity index is 2.04. The molecule has 1 heterocycles. The molecule has 1 aromatic heterocycles. The van der Waals surface area contributed by atoms with E-state index in [0.717, 1.165) is 20.4 Å². The second-order valence-electron chi connectivity index (χ2n) is 5.32. The highest BCUT2D eigenvalue weighted by atomic mass is 35.5. The average Bonchev–Trinajstić information content (AvgIpc) is 2.86. The molecule has 0 aliphatic rings. The first kappa shape index (κ1) is 16.4. The molecule has 0 aliphatic carbocycles. The van der Waals surface area contributed by atoms with Gasteiger partial charge in [0.2, 0.25) is 5.82 Å². The van der Waals surface area contributed by atoms with Gasteiger partial charge in [-0.05, 0) is 28.8 Å². The molecule has 0 radical (unpaired) electrons. The zero-order valence-electron chi connectivity index (χ0n) is 12.8. The van der Waals surface area contributed by atoms with Gasteiger partial charge in [0, 0.05) is 12.1 Å². The molecule has 0 aliphatic heterocycles. The highest BCUT2D eigenvalue weighted by molar-refractivity contribution is 6.31. The Kier molecular flexibility index (Phi) is 4.49. The van der Waals surface area contributed by atoms with E-state index in [1.54, 1.807) is 12.1 Å². The van der Waals surface area contributed by atoms with E-state index in [2.05, 4.69) is 5.10 Å². The van der Waals surface area contributed by atoms with Crippen molar-refractivity contribution in [1.29, 1.82) is 0 Å². The SMILES string of the molecule is Cn1nc(C(F)F)n(Cc2cc(-c3ccccc3)ccc2Cl)c1=O. The first-order chi connectivity index (χ1) is 11.5. The summed E-state index contributed by atoms with van der Waals surface area (Å²) in [5, 5.41) is 4.00. The number of hydrogen-bond donors (Lipinski definition) is 0. The summed E-state index contributed by atoms with van der Waals surface area (Å²) < 4.78 is 28.0. The summed E-state index contributed by atoms with van der Waals surface area (Å²) in [5.74, 6) is -0.566. The fourth-order valence-corrected chi connectivity index (χ4v) is 2.69. The molecule has 0 saturated heterocycles. The smallest absolute Gasteiger partial charge is 0.270 e. The Labute approximate surface area is 141 Å². The summed E-state index contributed by atoms with van der Waals surface area (Å²) in [7, 11) is 1.34. The van der Waals surface area contributed by atoms with Crippen molar-refractivity contribution < 1.29 is 8.78 Å². The van der Waals surface area contributed by atoms with E-state index in [4.69, 9.17) is 11.6 Å². The Morgan fingerprint density at radius 1 is 1.12 bits per heavy atom. The molecule has 4 nitrogen and oxygen atoms in total. The van der Waals surface area contributed by atoms with Crippen LogP contribution in [-0.4, -0.2) is 14.3 Å². The van der Waals surface area contributed by atoms with Crippen LogP contribution in [0.3, 0.4) is 0 Å². The minimum Gasteiger partial charge on any atom is -0.270 e. The number of aromatic nitrogens is 3. The van der Waals surface area contributed by atoms with Crippen LogP contribution in [0.5, 0.6) is 0 Å². The monoisotopic (exact) mass is 349 g/mol. The van der Waals surface area contributed by atoms with Crippen molar-refractivity contribution in [3.63, 3.8) is 0 Å². The lowest BCUT2D eigenvalue weighted by atomic mass is 10.0. The van der Waals surface area contributed by atoms with Gasteiger partial charge in [-0.3, -0.25) is 4.57 Å². The third-order valence-corrected chi connectivity index (χ3v) is 4.08. The van der Waals surface area contributed by atoms with Gasteiger partial charge in [-0.1, -0.05) is 48.0 Å². The van der Waals surface area contributed by atoms with Crippen molar-refractivity contribution in [1.82, 2.24) is 14.3 Å². The fourth-order valence-electron chi connectivity index (χ4n) is 2.51. The van der Waals surface area contributed by atoms with E-state index in [-0.39, 0.29) is 6.54 Å². The van der Waals surface area contributed by atoms with Crippen LogP contribution in [-0.2, 0) is 13.6 Å². The molecular weight excluding hydrogens is 336 g/mol. The van der Waals surface area contributed by atoms with Crippen molar-refractivity contribution in [2.24, 2.45) is 7.05 Å². The van der Waals surface area contributed by atoms with Crippen molar-refractivity contribution in [3.8, 4) is 11.1 Å². The molecule has 124 valence electrons. The van der Waals surface area contributed by atoms with E-state index >= 15 is 0 Å². The number of hydrogen-bond acceptors (Lipinski definition) is 2. The summed E-state index contributed by atoms with van der Waals surface area (Å²) >= 11 is 6.19. The molecule has 0 N–H and O–H groups in total. The quantitative estimate of drug-likeness (QED) is 0.717. The zero-order valence-corrected chi connectivity index (χ0v) is 13.5. The number of nitrogens with zero attached hydrogens (tertiary/aromatic N) is 3. The Hall–Kier alpha value is -2.47. The van der Waals surface area contributed by atoms with E-state index in [0.29, 0.717) is 10.6 Å². The van der Waals surface area contributed by atoms with Gasteiger partial charge in [0.25, 0.3) is 6.43 Å². The second-order valence-corrected chi connectivity index (χ2v) is 5.73. The summed E-state index contributed by atoms with van der Waals surface area (Å²) in [6, 6.07) is 14.9. The lowest BCUT2D eigenvalue weighted by Gasteiger charge is -2.10. The average molecular weight is 350 g/mol. The molecule has 0 amide bonds. The Bertz CT molecular complexity index is 919. The molecular formula is C17H14ClF2N3O. The van der Waals surface area contributed by atoms with Gasteiger partial charge >= 0.3 is 5.69 Å². The summed E-state index contributed by atoms with van der Waals surface area (Å²) in [6.45, 7) is -0.0636. The summed E-state index contributed by atoms with van der Waals surface area (Å²) in [4.78, 5) is 12.1. The van der Waals surface area contributed by atoms with Gasteiger partial charge in [0.1, 0.15) is 0 Å². The third-order valence-electron chi connectivity index (χ3n) is 3.71. The Morgan fingerprint density at radius 3 is 2.50 bits per heavy atom. The molecule has 0 unspecified atom stereocenters. The zero-order chi connectivity index (χ0) is 17.3. The van der Waals surface area contributed by atoms with Crippen LogP contribution in [0, 0.1) is 0 Å². The standard InChI is InChI=1S/C17H14ClF2N3O/c1-22-17(24)23(16(21-22)15(19)20)10-13-9-12(7-8-14(13)18)11-5-3-2-4-6-11/h2-9,15H,10H2,1H3. The molecule has 0 saturated carbocycles. The van der Waals surface area contributed by atoms with Crippen LogP contribution in [0.1, 0.15) is 17.8 Å². The molecule has 7 heteroatoms. The van der Waals surface area contributed by atoms with E-state index in [1.165, 1.54) is 7.05 Å². The third kappa shape index (κ3) is 3.10. The van der Waals surface area contributed by atoms with Crippen molar-refractivity contribution >= 4 is 11.6 Å². The molecule has 2 aromatic carbocycles. The van der Waals surface area contributed by atoms with Crippen LogP contribution >= 0.6 is 11.6 Å². The predicted octanol–water partition coefficient (Wildman–Crippen LogP) is 3.89. The maximum absolute atomic E-state index is 13.1. The van der Waals surface area contributed by atoms with Gasteiger partial charge in [-0.2, -0.15) is 0 Å². The number of benzene rings is 2. The first-order valence-corrected chi connectivity index (χ1v) is 7.61. The second kappa shape index (κ2) is 6.57. The number of aryl methyl sites for hydroxylation is 1.